The Morgan fingerprint density at radius 3 is 2.13 bits per heavy atom. The molecule has 1 saturated carbocycles. The maximum absolute atomic E-state index is 12.8. The minimum Gasteiger partial charge on any atom is -0.395 e. The summed E-state index contributed by atoms with van der Waals surface area (Å²) in [5, 5.41) is 9.50. The van der Waals surface area contributed by atoms with Gasteiger partial charge in [0.05, 0.1) is 6.61 Å². The molecule has 0 saturated heterocycles. The Morgan fingerprint density at radius 1 is 1.20 bits per heavy atom. The van der Waals surface area contributed by atoms with Crippen molar-refractivity contribution < 1.29 is 9.50 Å². The summed E-state index contributed by atoms with van der Waals surface area (Å²) in [6, 6.07) is 6.53. The molecular weight excluding hydrogens is 191 g/mol. The number of hydrogen-bond donors (Lipinski definition) is 1. The van der Waals surface area contributed by atoms with Crippen LogP contribution in [0, 0.1) is 11.2 Å². The average molecular weight is 208 g/mol. The summed E-state index contributed by atoms with van der Waals surface area (Å²) in [7, 11) is 0. The first kappa shape index (κ1) is 10.6. The van der Waals surface area contributed by atoms with Crippen molar-refractivity contribution in [3.8, 4) is 0 Å². The van der Waals surface area contributed by atoms with Gasteiger partial charge in [-0.3, -0.25) is 0 Å². The molecule has 1 aromatic carbocycles. The van der Waals surface area contributed by atoms with E-state index in [0.29, 0.717) is 5.41 Å². The summed E-state index contributed by atoms with van der Waals surface area (Å²) in [5.74, 6) is -0.217. The lowest BCUT2D eigenvalue weighted by Gasteiger charge is -2.53. The van der Waals surface area contributed by atoms with E-state index in [1.807, 2.05) is 0 Å². The third kappa shape index (κ3) is 1.78. The van der Waals surface area contributed by atoms with Crippen LogP contribution in [-0.4, -0.2) is 11.7 Å². The van der Waals surface area contributed by atoms with E-state index in [1.165, 1.54) is 12.1 Å². The summed E-state index contributed by atoms with van der Waals surface area (Å²) >= 11 is 0. The van der Waals surface area contributed by atoms with Crippen LogP contribution in [0.15, 0.2) is 24.3 Å². The molecule has 0 radical (unpaired) electrons. The topological polar surface area (TPSA) is 20.2 Å². The molecule has 1 aliphatic rings. The van der Waals surface area contributed by atoms with Gasteiger partial charge in [-0.2, -0.15) is 0 Å². The van der Waals surface area contributed by atoms with Crippen LogP contribution in [0.25, 0.3) is 0 Å². The summed E-state index contributed by atoms with van der Waals surface area (Å²) in [5.41, 5.74) is 1.24. The van der Waals surface area contributed by atoms with Gasteiger partial charge in [0.2, 0.25) is 0 Å². The van der Waals surface area contributed by atoms with Crippen molar-refractivity contribution >= 4 is 0 Å². The molecular formula is C13H17FO. The zero-order valence-corrected chi connectivity index (χ0v) is 9.26. The van der Waals surface area contributed by atoms with Crippen molar-refractivity contribution in [2.75, 3.05) is 6.61 Å². The number of hydrogen-bond acceptors (Lipinski definition) is 1. The Bertz CT molecular complexity index is 345. The van der Waals surface area contributed by atoms with E-state index in [1.54, 1.807) is 12.1 Å². The van der Waals surface area contributed by atoms with Crippen molar-refractivity contribution in [2.45, 2.75) is 32.1 Å². The fourth-order valence-electron chi connectivity index (χ4n) is 2.99. The molecule has 15 heavy (non-hydrogen) atoms. The number of aliphatic hydroxyl groups excluding tert-OH is 1. The van der Waals surface area contributed by atoms with Crippen LogP contribution in [0.1, 0.15) is 32.3 Å². The number of halogens is 1. The molecule has 2 rings (SSSR count). The highest BCUT2D eigenvalue weighted by Gasteiger charge is 2.49. The molecule has 0 atom stereocenters. The van der Waals surface area contributed by atoms with Crippen LogP contribution >= 0.6 is 0 Å². The molecule has 1 aliphatic carbocycles. The highest BCUT2D eigenvalue weighted by molar-refractivity contribution is 5.30. The summed E-state index contributed by atoms with van der Waals surface area (Å²) in [6.45, 7) is 4.55. The lowest BCUT2D eigenvalue weighted by Crippen LogP contribution is -2.49. The second kappa shape index (κ2) is 3.31. The molecule has 1 nitrogen and oxygen atoms in total. The molecule has 0 heterocycles. The molecule has 1 fully saturated rings. The van der Waals surface area contributed by atoms with Gasteiger partial charge in [0.1, 0.15) is 5.82 Å². The molecule has 0 amide bonds. The zero-order chi connectivity index (χ0) is 11.1. The van der Waals surface area contributed by atoms with E-state index in [-0.39, 0.29) is 17.8 Å². The highest BCUT2D eigenvalue weighted by Crippen LogP contribution is 2.54. The standard InChI is InChI=1S/C13H17FO/c1-12(2)7-13(8-12,9-15)10-3-5-11(14)6-4-10/h3-6,15H,7-9H2,1-2H3. The van der Waals surface area contributed by atoms with E-state index in [0.717, 1.165) is 18.4 Å². The van der Waals surface area contributed by atoms with Gasteiger partial charge in [-0.05, 0) is 36.0 Å². The Kier molecular flexibility index (Phi) is 2.34. The monoisotopic (exact) mass is 208 g/mol. The van der Waals surface area contributed by atoms with Gasteiger partial charge in [-0.25, -0.2) is 4.39 Å². The Morgan fingerprint density at radius 2 is 1.73 bits per heavy atom. The molecule has 2 heteroatoms. The lowest BCUT2D eigenvalue weighted by atomic mass is 9.52. The average Bonchev–Trinajstić information content (AvgIpc) is 2.14. The van der Waals surface area contributed by atoms with Gasteiger partial charge >= 0.3 is 0 Å². The quantitative estimate of drug-likeness (QED) is 0.792. The zero-order valence-electron chi connectivity index (χ0n) is 9.26. The highest BCUT2D eigenvalue weighted by atomic mass is 19.1. The van der Waals surface area contributed by atoms with E-state index in [2.05, 4.69) is 13.8 Å². The summed E-state index contributed by atoms with van der Waals surface area (Å²) in [4.78, 5) is 0. The van der Waals surface area contributed by atoms with E-state index >= 15 is 0 Å². The summed E-state index contributed by atoms with van der Waals surface area (Å²) < 4.78 is 12.8. The molecule has 1 N–H and O–H groups in total. The second-order valence-corrected chi connectivity index (χ2v) is 5.46. The van der Waals surface area contributed by atoms with Crippen LogP contribution in [0.2, 0.25) is 0 Å². The SMILES string of the molecule is CC1(C)CC(CO)(c2ccc(F)cc2)C1. The first-order valence-electron chi connectivity index (χ1n) is 5.34. The van der Waals surface area contributed by atoms with Crippen LogP contribution in [0.5, 0.6) is 0 Å². The molecule has 0 aliphatic heterocycles. The van der Waals surface area contributed by atoms with Gasteiger partial charge < -0.3 is 5.11 Å². The van der Waals surface area contributed by atoms with Gasteiger partial charge in [-0.15, -0.1) is 0 Å². The van der Waals surface area contributed by atoms with Gasteiger partial charge in [0, 0.05) is 5.41 Å². The fourth-order valence-corrected chi connectivity index (χ4v) is 2.99. The van der Waals surface area contributed by atoms with E-state index < -0.39 is 0 Å². The van der Waals surface area contributed by atoms with E-state index in [4.69, 9.17) is 0 Å². The maximum atomic E-state index is 12.8. The molecule has 1 aromatic rings. The molecule has 0 bridgehead atoms. The first-order valence-corrected chi connectivity index (χ1v) is 5.34. The number of rotatable bonds is 2. The van der Waals surface area contributed by atoms with Crippen LogP contribution < -0.4 is 0 Å². The predicted molar refractivity (Wildman–Crippen MR) is 58.2 cm³/mol. The second-order valence-electron chi connectivity index (χ2n) is 5.46. The Labute approximate surface area is 89.9 Å². The maximum Gasteiger partial charge on any atom is 0.123 e. The van der Waals surface area contributed by atoms with E-state index in [9.17, 15) is 9.50 Å². The normalized spacial score (nSPS) is 22.1. The fraction of sp³-hybridized carbons (Fsp3) is 0.538. The van der Waals surface area contributed by atoms with Gasteiger partial charge in [0.25, 0.3) is 0 Å². The third-order valence-electron chi connectivity index (χ3n) is 3.39. The largest absolute Gasteiger partial charge is 0.395 e. The van der Waals surface area contributed by atoms with Crippen LogP contribution in [0.3, 0.4) is 0 Å². The first-order chi connectivity index (χ1) is 6.97. The Balaban J connectivity index is 2.25. The smallest absolute Gasteiger partial charge is 0.123 e. The van der Waals surface area contributed by atoms with Crippen molar-refractivity contribution in [3.63, 3.8) is 0 Å². The van der Waals surface area contributed by atoms with Crippen molar-refractivity contribution in [2.24, 2.45) is 5.41 Å². The molecule has 0 spiro atoms. The minimum atomic E-state index is -0.217. The van der Waals surface area contributed by atoms with Gasteiger partial charge in [0.15, 0.2) is 0 Å². The Hall–Kier alpha value is -0.890. The number of aliphatic hydroxyl groups is 1. The van der Waals surface area contributed by atoms with Crippen LogP contribution in [-0.2, 0) is 5.41 Å². The third-order valence-corrected chi connectivity index (χ3v) is 3.39. The lowest BCUT2D eigenvalue weighted by molar-refractivity contribution is 0.00949. The van der Waals surface area contributed by atoms with Crippen molar-refractivity contribution in [1.29, 1.82) is 0 Å². The van der Waals surface area contributed by atoms with Crippen LogP contribution in [0.4, 0.5) is 4.39 Å². The van der Waals surface area contributed by atoms with Gasteiger partial charge in [-0.1, -0.05) is 26.0 Å². The molecule has 0 aromatic heterocycles. The predicted octanol–water partition coefficient (Wildman–Crippen LogP) is 2.88. The molecule has 82 valence electrons. The minimum absolute atomic E-state index is 0.128. The summed E-state index contributed by atoms with van der Waals surface area (Å²) in [6.07, 6.45) is 1.95. The molecule has 0 unspecified atom stereocenters. The van der Waals surface area contributed by atoms with Crippen molar-refractivity contribution in [3.05, 3.63) is 35.6 Å². The number of benzene rings is 1. The van der Waals surface area contributed by atoms with Crippen molar-refractivity contribution in [1.82, 2.24) is 0 Å².